The summed E-state index contributed by atoms with van der Waals surface area (Å²) < 4.78 is 12.5. The summed E-state index contributed by atoms with van der Waals surface area (Å²) in [5.74, 6) is -1.01. The minimum Gasteiger partial charge on any atom is -0.480 e. The fourth-order valence-electron chi connectivity index (χ4n) is 4.38. The summed E-state index contributed by atoms with van der Waals surface area (Å²) in [5, 5.41) is 9.21. The standard InChI is InChI=1S/C20H27BrN2O5/c1-19(2,3)28-18(26)23-13-5-4-6-14(23)10-20(9-13,27-12-17(24)25)15-7-8-22-11-16(15)21/h7-8,11,13-14H,4-6,9-10,12H2,1-3H3,(H,24,25). The maximum atomic E-state index is 12.9. The number of pyridine rings is 1. The molecule has 2 bridgehead atoms. The van der Waals surface area contributed by atoms with Crippen LogP contribution in [0, 0.1) is 0 Å². The summed E-state index contributed by atoms with van der Waals surface area (Å²) in [5.41, 5.74) is -0.466. The van der Waals surface area contributed by atoms with Crippen LogP contribution in [0.5, 0.6) is 0 Å². The number of halogens is 1. The molecule has 2 atom stereocenters. The van der Waals surface area contributed by atoms with Crippen LogP contribution >= 0.6 is 15.9 Å². The Morgan fingerprint density at radius 1 is 1.32 bits per heavy atom. The van der Waals surface area contributed by atoms with Gasteiger partial charge in [-0.25, -0.2) is 9.59 Å². The lowest BCUT2D eigenvalue weighted by Gasteiger charge is -2.53. The third kappa shape index (κ3) is 4.49. The first-order valence-corrected chi connectivity index (χ1v) is 10.4. The summed E-state index contributed by atoms with van der Waals surface area (Å²) in [7, 11) is 0. The van der Waals surface area contributed by atoms with E-state index in [2.05, 4.69) is 20.9 Å². The Morgan fingerprint density at radius 3 is 2.50 bits per heavy atom. The average molecular weight is 455 g/mol. The number of piperidine rings is 2. The molecule has 1 aromatic rings. The molecule has 1 N–H and O–H groups in total. The zero-order chi connectivity index (χ0) is 20.5. The van der Waals surface area contributed by atoms with Crippen LogP contribution in [0.2, 0.25) is 0 Å². The Kier molecular flexibility index (Phi) is 6.00. The van der Waals surface area contributed by atoms with Gasteiger partial charge in [0.2, 0.25) is 0 Å². The molecule has 8 heteroatoms. The van der Waals surface area contributed by atoms with Gasteiger partial charge in [0.15, 0.2) is 0 Å². The van der Waals surface area contributed by atoms with Crippen LogP contribution in [-0.4, -0.2) is 51.3 Å². The molecule has 0 aliphatic carbocycles. The Labute approximate surface area is 173 Å². The van der Waals surface area contributed by atoms with Crippen LogP contribution in [0.4, 0.5) is 4.79 Å². The van der Waals surface area contributed by atoms with Crippen molar-refractivity contribution in [2.45, 2.75) is 76.2 Å². The van der Waals surface area contributed by atoms with Crippen LogP contribution in [-0.2, 0) is 19.9 Å². The third-order valence-electron chi connectivity index (χ3n) is 5.33. The van der Waals surface area contributed by atoms with E-state index in [0.717, 1.165) is 29.3 Å². The first-order valence-electron chi connectivity index (χ1n) is 9.58. The molecule has 2 aliphatic rings. The van der Waals surface area contributed by atoms with Crippen molar-refractivity contribution >= 4 is 28.0 Å². The van der Waals surface area contributed by atoms with Gasteiger partial charge >= 0.3 is 12.1 Å². The number of ether oxygens (including phenoxy) is 2. The predicted molar refractivity (Wildman–Crippen MR) is 106 cm³/mol. The number of hydrogen-bond acceptors (Lipinski definition) is 5. The molecule has 1 amide bonds. The number of carboxylic acid groups (broad SMARTS) is 1. The number of carboxylic acids is 1. The second kappa shape index (κ2) is 7.99. The molecule has 2 aliphatic heterocycles. The molecule has 3 heterocycles. The Morgan fingerprint density at radius 2 is 1.96 bits per heavy atom. The normalized spacial score (nSPS) is 27.4. The van der Waals surface area contributed by atoms with Gasteiger partial charge in [-0.3, -0.25) is 4.98 Å². The van der Waals surface area contributed by atoms with Gasteiger partial charge in [0.25, 0.3) is 0 Å². The number of carbonyl (C=O) groups is 2. The van der Waals surface area contributed by atoms with E-state index in [9.17, 15) is 14.7 Å². The van der Waals surface area contributed by atoms with Crippen molar-refractivity contribution in [3.05, 3.63) is 28.5 Å². The second-order valence-corrected chi connectivity index (χ2v) is 9.42. The highest BCUT2D eigenvalue weighted by Crippen LogP contribution is 2.48. The van der Waals surface area contributed by atoms with E-state index in [1.807, 2.05) is 31.7 Å². The van der Waals surface area contributed by atoms with Crippen LogP contribution in [0.25, 0.3) is 0 Å². The molecule has 2 fully saturated rings. The average Bonchev–Trinajstić information content (AvgIpc) is 2.58. The fourth-order valence-corrected chi connectivity index (χ4v) is 5.00. The van der Waals surface area contributed by atoms with E-state index in [-0.39, 0.29) is 24.8 Å². The highest BCUT2D eigenvalue weighted by Gasteiger charge is 2.51. The van der Waals surface area contributed by atoms with Gasteiger partial charge in [-0.2, -0.15) is 0 Å². The van der Waals surface area contributed by atoms with E-state index in [4.69, 9.17) is 9.47 Å². The molecule has 2 unspecified atom stereocenters. The molecule has 28 heavy (non-hydrogen) atoms. The zero-order valence-electron chi connectivity index (χ0n) is 16.5. The topological polar surface area (TPSA) is 89.0 Å². The Hall–Kier alpha value is -1.67. The largest absolute Gasteiger partial charge is 0.480 e. The molecule has 0 spiro atoms. The van der Waals surface area contributed by atoms with Crippen molar-refractivity contribution < 1.29 is 24.2 Å². The lowest BCUT2D eigenvalue weighted by molar-refractivity contribution is -0.164. The van der Waals surface area contributed by atoms with E-state index < -0.39 is 17.2 Å². The number of aliphatic carboxylic acids is 1. The first-order chi connectivity index (χ1) is 13.1. The van der Waals surface area contributed by atoms with Crippen LogP contribution in [0.15, 0.2) is 22.9 Å². The SMILES string of the molecule is CC(C)(C)OC(=O)N1C2CCCC1CC(OCC(=O)O)(c1ccncc1Br)C2. The molecular weight excluding hydrogens is 428 g/mol. The Balaban J connectivity index is 1.93. The maximum Gasteiger partial charge on any atom is 0.410 e. The summed E-state index contributed by atoms with van der Waals surface area (Å²) in [6.45, 7) is 5.19. The van der Waals surface area contributed by atoms with E-state index in [0.29, 0.717) is 12.8 Å². The number of rotatable bonds is 4. The van der Waals surface area contributed by atoms with Gasteiger partial charge in [-0.05, 0) is 62.0 Å². The van der Waals surface area contributed by atoms with Crippen LogP contribution in [0.1, 0.15) is 58.4 Å². The van der Waals surface area contributed by atoms with Crippen molar-refractivity contribution in [1.82, 2.24) is 9.88 Å². The fraction of sp³-hybridized carbons (Fsp3) is 0.650. The second-order valence-electron chi connectivity index (χ2n) is 8.57. The van der Waals surface area contributed by atoms with Crippen molar-refractivity contribution in [2.75, 3.05) is 6.61 Å². The van der Waals surface area contributed by atoms with E-state index >= 15 is 0 Å². The number of carbonyl (C=O) groups excluding carboxylic acids is 1. The molecule has 0 aromatic carbocycles. The highest BCUT2D eigenvalue weighted by atomic mass is 79.9. The van der Waals surface area contributed by atoms with Crippen molar-refractivity contribution in [3.63, 3.8) is 0 Å². The third-order valence-corrected chi connectivity index (χ3v) is 5.96. The van der Waals surface area contributed by atoms with Gasteiger partial charge in [-0.15, -0.1) is 0 Å². The smallest absolute Gasteiger partial charge is 0.410 e. The lowest BCUT2D eigenvalue weighted by Crippen LogP contribution is -2.60. The van der Waals surface area contributed by atoms with Gasteiger partial charge in [0, 0.05) is 47.4 Å². The molecule has 3 rings (SSSR count). The zero-order valence-corrected chi connectivity index (χ0v) is 18.1. The predicted octanol–water partition coefficient (Wildman–Crippen LogP) is 4.09. The molecule has 0 saturated carbocycles. The molecule has 154 valence electrons. The lowest BCUT2D eigenvalue weighted by atomic mass is 9.72. The van der Waals surface area contributed by atoms with E-state index in [1.165, 1.54) is 0 Å². The van der Waals surface area contributed by atoms with Gasteiger partial charge < -0.3 is 19.5 Å². The number of hydrogen-bond donors (Lipinski definition) is 1. The Bertz CT molecular complexity index is 734. The van der Waals surface area contributed by atoms with Crippen molar-refractivity contribution in [1.29, 1.82) is 0 Å². The first kappa shape index (κ1) is 21.0. The molecule has 0 radical (unpaired) electrons. The van der Waals surface area contributed by atoms with Gasteiger partial charge in [0.05, 0.1) is 5.60 Å². The summed E-state index contributed by atoms with van der Waals surface area (Å²) >= 11 is 3.54. The van der Waals surface area contributed by atoms with Crippen LogP contribution < -0.4 is 0 Å². The highest BCUT2D eigenvalue weighted by molar-refractivity contribution is 9.10. The molecule has 2 saturated heterocycles. The van der Waals surface area contributed by atoms with Crippen LogP contribution in [0.3, 0.4) is 0 Å². The monoisotopic (exact) mass is 454 g/mol. The van der Waals surface area contributed by atoms with Gasteiger partial charge in [-0.1, -0.05) is 0 Å². The maximum absolute atomic E-state index is 12.9. The summed E-state index contributed by atoms with van der Waals surface area (Å²) in [6.07, 6.45) is 6.84. The van der Waals surface area contributed by atoms with Gasteiger partial charge in [0.1, 0.15) is 12.2 Å². The molecule has 1 aromatic heterocycles. The number of aromatic nitrogens is 1. The summed E-state index contributed by atoms with van der Waals surface area (Å²) in [6, 6.07) is 1.75. The number of fused-ring (bicyclic) bond motifs is 2. The molecular formula is C20H27BrN2O5. The number of amides is 1. The minimum absolute atomic E-state index is 0.0591. The van der Waals surface area contributed by atoms with E-state index in [1.54, 1.807) is 12.4 Å². The quantitative estimate of drug-likeness (QED) is 0.736. The number of nitrogens with zero attached hydrogens (tertiary/aromatic N) is 2. The summed E-state index contributed by atoms with van der Waals surface area (Å²) in [4.78, 5) is 30.1. The minimum atomic E-state index is -1.01. The van der Waals surface area contributed by atoms with Crippen molar-refractivity contribution in [3.8, 4) is 0 Å². The molecule has 7 nitrogen and oxygen atoms in total. The van der Waals surface area contributed by atoms with Crippen molar-refractivity contribution in [2.24, 2.45) is 0 Å².